The van der Waals surface area contributed by atoms with Gasteiger partial charge in [0.1, 0.15) is 19.3 Å². The molecule has 2 unspecified atom stereocenters. The van der Waals surface area contributed by atoms with E-state index in [0.29, 0.717) is 25.7 Å². The van der Waals surface area contributed by atoms with Crippen LogP contribution in [0.1, 0.15) is 414 Å². The molecule has 0 aliphatic carbocycles. The summed E-state index contributed by atoms with van der Waals surface area (Å²) in [5.41, 5.74) is 0. The number of rotatable bonds is 78. The van der Waals surface area contributed by atoms with Gasteiger partial charge in [0.15, 0.2) is 12.2 Å². The molecular weight excluding hydrogens is 1280 g/mol. The van der Waals surface area contributed by atoms with Crippen LogP contribution in [-0.2, 0) is 65.4 Å². The molecule has 3 N–H and O–H groups in total. The molecule has 0 aliphatic rings. The largest absolute Gasteiger partial charge is 0.472 e. The number of hydrogen-bond acceptors (Lipinski definition) is 15. The quantitative estimate of drug-likeness (QED) is 0.0222. The van der Waals surface area contributed by atoms with Gasteiger partial charge in [-0.15, -0.1) is 0 Å². The SMILES string of the molecule is CCCCCCCCCCCCCCCCCCCCCCC(=O)O[C@H](COC(=O)CCCCCCCCCCCCCCCC(C)C)COP(=O)(O)OC[C@@H](O)COP(=O)(O)OC[C@@H](COC(=O)CCCCCCCCCCCC)OC(=O)CCCCCCCCCCCC(C)C. The Labute approximate surface area is 600 Å². The second-order valence-corrected chi connectivity index (χ2v) is 32.3. The number of hydrogen-bond donors (Lipinski definition) is 3. The molecule has 98 heavy (non-hydrogen) atoms. The fourth-order valence-electron chi connectivity index (χ4n) is 12.2. The van der Waals surface area contributed by atoms with Gasteiger partial charge in [-0.2, -0.15) is 0 Å². The van der Waals surface area contributed by atoms with E-state index in [9.17, 15) is 43.2 Å². The van der Waals surface area contributed by atoms with Crippen LogP contribution in [0.25, 0.3) is 0 Å². The second kappa shape index (κ2) is 70.7. The van der Waals surface area contributed by atoms with Crippen LogP contribution in [0.3, 0.4) is 0 Å². The van der Waals surface area contributed by atoms with Gasteiger partial charge >= 0.3 is 39.5 Å². The number of ether oxygens (including phenoxy) is 4. The number of esters is 4. The smallest absolute Gasteiger partial charge is 0.462 e. The van der Waals surface area contributed by atoms with E-state index in [1.54, 1.807) is 0 Å². The fraction of sp³-hybridized carbons (Fsp3) is 0.949. The average Bonchev–Trinajstić information content (AvgIpc) is 1.05. The highest BCUT2D eigenvalue weighted by molar-refractivity contribution is 7.47. The van der Waals surface area contributed by atoms with Crippen molar-refractivity contribution in [3.63, 3.8) is 0 Å². The Morgan fingerprint density at radius 2 is 0.469 bits per heavy atom. The third-order valence-corrected chi connectivity index (χ3v) is 20.4. The van der Waals surface area contributed by atoms with Crippen LogP contribution < -0.4 is 0 Å². The van der Waals surface area contributed by atoms with E-state index < -0.39 is 97.5 Å². The summed E-state index contributed by atoms with van der Waals surface area (Å²) >= 11 is 0. The van der Waals surface area contributed by atoms with E-state index in [1.807, 2.05) is 0 Å². The van der Waals surface area contributed by atoms with Crippen molar-refractivity contribution in [3.05, 3.63) is 0 Å². The number of carbonyl (C=O) groups excluding carboxylic acids is 4. The zero-order valence-corrected chi connectivity index (χ0v) is 65.9. The maximum Gasteiger partial charge on any atom is 0.472 e. The molecule has 0 heterocycles. The Morgan fingerprint density at radius 3 is 0.694 bits per heavy atom. The molecule has 0 radical (unpaired) electrons. The van der Waals surface area contributed by atoms with Crippen LogP contribution in [0.4, 0.5) is 0 Å². The summed E-state index contributed by atoms with van der Waals surface area (Å²) in [7, 11) is -9.91. The zero-order valence-electron chi connectivity index (χ0n) is 64.1. The minimum absolute atomic E-state index is 0.106. The summed E-state index contributed by atoms with van der Waals surface area (Å²) in [5.74, 6) is -0.585. The zero-order chi connectivity index (χ0) is 72.1. The average molecular weight is 1440 g/mol. The molecule has 17 nitrogen and oxygen atoms in total. The molecule has 0 rings (SSSR count). The first-order chi connectivity index (χ1) is 47.4. The summed E-state index contributed by atoms with van der Waals surface area (Å²) in [6.07, 6.45) is 59.7. The summed E-state index contributed by atoms with van der Waals surface area (Å²) < 4.78 is 68.6. The van der Waals surface area contributed by atoms with Crippen LogP contribution in [0.2, 0.25) is 0 Å². The van der Waals surface area contributed by atoms with Crippen LogP contribution >= 0.6 is 15.6 Å². The maximum atomic E-state index is 13.1. The van der Waals surface area contributed by atoms with Crippen molar-refractivity contribution in [1.29, 1.82) is 0 Å². The minimum Gasteiger partial charge on any atom is -0.462 e. The first-order valence-electron chi connectivity index (χ1n) is 41.0. The monoisotopic (exact) mass is 1440 g/mol. The topological polar surface area (TPSA) is 237 Å². The van der Waals surface area contributed by atoms with Crippen LogP contribution in [0.15, 0.2) is 0 Å². The molecule has 0 aliphatic heterocycles. The van der Waals surface area contributed by atoms with Gasteiger partial charge in [0.05, 0.1) is 26.4 Å². The van der Waals surface area contributed by atoms with E-state index in [2.05, 4.69) is 41.5 Å². The van der Waals surface area contributed by atoms with Crippen molar-refractivity contribution in [2.75, 3.05) is 39.6 Å². The first-order valence-corrected chi connectivity index (χ1v) is 44.0. The number of aliphatic hydroxyl groups excluding tert-OH is 1. The Kier molecular flexibility index (Phi) is 69.3. The molecular formula is C79H154O17P2. The van der Waals surface area contributed by atoms with Gasteiger partial charge in [0.2, 0.25) is 0 Å². The van der Waals surface area contributed by atoms with Crippen molar-refractivity contribution in [3.8, 4) is 0 Å². The molecule has 0 aromatic carbocycles. The first kappa shape index (κ1) is 96.1. The van der Waals surface area contributed by atoms with Crippen molar-refractivity contribution in [1.82, 2.24) is 0 Å². The van der Waals surface area contributed by atoms with Gasteiger partial charge in [-0.1, -0.05) is 363 Å². The van der Waals surface area contributed by atoms with Crippen molar-refractivity contribution < 1.29 is 80.2 Å². The number of phosphoric acid groups is 2. The standard InChI is InChI=1S/C79H154O17P2/c1-7-9-11-13-15-17-19-20-21-22-23-24-25-26-29-33-39-45-51-57-63-78(83)95-74(68-90-77(82)62-56-50-44-38-32-30-27-28-31-35-41-47-53-59-71(3)4)69-93-97(85,86)91-65-73(80)66-92-98(87,88)94-70-75(67-89-76(81)61-55-49-43-37-18-16-14-12-10-8-2)96-79(84)64-58-52-46-40-34-36-42-48-54-60-72(5)6/h71-75,80H,7-70H2,1-6H3,(H,85,86)(H,87,88)/t73-,74-,75-/m1/s1. The Morgan fingerprint density at radius 1 is 0.276 bits per heavy atom. The lowest BCUT2D eigenvalue weighted by molar-refractivity contribution is -0.161. The van der Waals surface area contributed by atoms with Gasteiger partial charge in [-0.3, -0.25) is 37.3 Å². The van der Waals surface area contributed by atoms with E-state index in [1.165, 1.54) is 231 Å². The van der Waals surface area contributed by atoms with Gasteiger partial charge in [-0.05, 0) is 37.5 Å². The minimum atomic E-state index is -4.96. The summed E-state index contributed by atoms with van der Waals surface area (Å²) in [4.78, 5) is 72.9. The maximum absolute atomic E-state index is 13.1. The lowest BCUT2D eigenvalue weighted by Gasteiger charge is -2.21. The molecule has 0 amide bonds. The van der Waals surface area contributed by atoms with Crippen molar-refractivity contribution >= 4 is 39.5 Å². The number of aliphatic hydroxyl groups is 1. The molecule has 0 spiro atoms. The van der Waals surface area contributed by atoms with E-state index in [0.717, 1.165) is 102 Å². The highest BCUT2D eigenvalue weighted by atomic mass is 31.2. The second-order valence-electron chi connectivity index (χ2n) is 29.4. The molecule has 0 fully saturated rings. The number of phosphoric ester groups is 2. The highest BCUT2D eigenvalue weighted by Gasteiger charge is 2.30. The van der Waals surface area contributed by atoms with Gasteiger partial charge in [-0.25, -0.2) is 9.13 Å². The van der Waals surface area contributed by atoms with E-state index >= 15 is 0 Å². The van der Waals surface area contributed by atoms with E-state index in [4.69, 9.17) is 37.0 Å². The van der Waals surface area contributed by atoms with Gasteiger partial charge in [0, 0.05) is 25.7 Å². The molecule has 19 heteroatoms. The predicted molar refractivity (Wildman–Crippen MR) is 400 cm³/mol. The highest BCUT2D eigenvalue weighted by Crippen LogP contribution is 2.45. The molecule has 0 aromatic rings. The third-order valence-electron chi connectivity index (χ3n) is 18.5. The molecule has 0 aromatic heterocycles. The molecule has 582 valence electrons. The molecule has 0 saturated carbocycles. The van der Waals surface area contributed by atoms with Crippen molar-refractivity contribution in [2.24, 2.45) is 11.8 Å². The lowest BCUT2D eigenvalue weighted by Crippen LogP contribution is -2.30. The Hall–Kier alpha value is -1.94. The molecule has 0 saturated heterocycles. The fourth-order valence-corrected chi connectivity index (χ4v) is 13.8. The van der Waals surface area contributed by atoms with Crippen LogP contribution in [-0.4, -0.2) is 96.7 Å². The summed E-state index contributed by atoms with van der Waals surface area (Å²) in [6, 6.07) is 0. The van der Waals surface area contributed by atoms with E-state index in [-0.39, 0.29) is 25.7 Å². The predicted octanol–water partition coefficient (Wildman–Crippen LogP) is 23.5. The Balaban J connectivity index is 5.22. The normalized spacial score (nSPS) is 13.9. The van der Waals surface area contributed by atoms with Crippen molar-refractivity contribution in [2.45, 2.75) is 432 Å². The van der Waals surface area contributed by atoms with Crippen LogP contribution in [0, 0.1) is 11.8 Å². The number of carbonyl (C=O) groups is 4. The molecule has 0 bridgehead atoms. The third kappa shape index (κ3) is 72.4. The molecule has 5 atom stereocenters. The summed E-state index contributed by atoms with van der Waals surface area (Å²) in [6.45, 7) is 9.60. The number of unbranched alkanes of at least 4 members (excludes halogenated alkanes) is 48. The van der Waals surface area contributed by atoms with Gasteiger partial charge in [0.25, 0.3) is 0 Å². The lowest BCUT2D eigenvalue weighted by atomic mass is 10.0. The summed E-state index contributed by atoms with van der Waals surface area (Å²) in [5, 5.41) is 10.6. The Bertz CT molecular complexity index is 1890. The van der Waals surface area contributed by atoms with Crippen LogP contribution in [0.5, 0.6) is 0 Å². The van der Waals surface area contributed by atoms with Gasteiger partial charge < -0.3 is 33.8 Å².